The number of Topliss-reactive ketones (excluding diaryl/α,β-unsaturated/α-hetero) is 2. The van der Waals surface area contributed by atoms with Gasteiger partial charge in [-0.3, -0.25) is 14.4 Å². The Labute approximate surface area is 76.5 Å². The van der Waals surface area contributed by atoms with Crippen LogP contribution < -0.4 is 5.73 Å². The summed E-state index contributed by atoms with van der Waals surface area (Å²) in [5, 5.41) is 0. The van der Waals surface area contributed by atoms with E-state index in [4.69, 9.17) is 5.73 Å². The highest BCUT2D eigenvalue weighted by Crippen LogP contribution is 2.33. The number of nitrogens with two attached hydrogens (primary N) is 1. The van der Waals surface area contributed by atoms with Gasteiger partial charge < -0.3 is 5.73 Å². The van der Waals surface area contributed by atoms with Crippen LogP contribution in [0.2, 0.25) is 0 Å². The van der Waals surface area contributed by atoms with E-state index in [-0.39, 0.29) is 29.8 Å². The molecule has 0 aromatic rings. The van der Waals surface area contributed by atoms with Gasteiger partial charge in [0.2, 0.25) is 5.91 Å². The van der Waals surface area contributed by atoms with Crippen LogP contribution in [0.3, 0.4) is 0 Å². The normalized spacial score (nSPS) is 23.2. The van der Waals surface area contributed by atoms with E-state index in [1.54, 1.807) is 0 Å². The minimum atomic E-state index is -1.19. The second-order valence-electron chi connectivity index (χ2n) is 4.29. The van der Waals surface area contributed by atoms with Crippen LogP contribution in [0.4, 0.5) is 0 Å². The molecule has 0 saturated heterocycles. The van der Waals surface area contributed by atoms with Crippen molar-refractivity contribution in [2.24, 2.45) is 17.1 Å². The van der Waals surface area contributed by atoms with Gasteiger partial charge in [-0.05, 0) is 5.41 Å². The molecule has 0 aromatic heterocycles. The molecular weight excluding hydrogens is 170 g/mol. The first-order valence-electron chi connectivity index (χ1n) is 4.18. The van der Waals surface area contributed by atoms with Crippen molar-refractivity contribution in [2.75, 3.05) is 0 Å². The van der Waals surface area contributed by atoms with Crippen LogP contribution in [-0.2, 0) is 14.4 Å². The van der Waals surface area contributed by atoms with Crippen LogP contribution >= 0.6 is 0 Å². The molecule has 1 amide bonds. The van der Waals surface area contributed by atoms with Crippen LogP contribution in [0.25, 0.3) is 0 Å². The molecule has 4 heteroatoms. The zero-order valence-electron chi connectivity index (χ0n) is 7.79. The quantitative estimate of drug-likeness (QED) is 0.583. The fourth-order valence-corrected chi connectivity index (χ4v) is 1.71. The van der Waals surface area contributed by atoms with E-state index in [2.05, 4.69) is 0 Å². The van der Waals surface area contributed by atoms with Gasteiger partial charge in [-0.25, -0.2) is 0 Å². The number of hydrogen-bond donors (Lipinski definition) is 1. The monoisotopic (exact) mass is 183 g/mol. The van der Waals surface area contributed by atoms with E-state index in [9.17, 15) is 14.4 Å². The molecule has 1 saturated carbocycles. The predicted molar refractivity (Wildman–Crippen MR) is 45.7 cm³/mol. The summed E-state index contributed by atoms with van der Waals surface area (Å²) < 4.78 is 0. The number of carbonyl (C=O) groups excluding carboxylic acids is 3. The molecule has 1 rings (SSSR count). The van der Waals surface area contributed by atoms with Crippen molar-refractivity contribution in [1.82, 2.24) is 0 Å². The van der Waals surface area contributed by atoms with Gasteiger partial charge in [-0.2, -0.15) is 0 Å². The highest BCUT2D eigenvalue weighted by molar-refractivity contribution is 6.19. The van der Waals surface area contributed by atoms with Crippen LogP contribution in [0.1, 0.15) is 26.7 Å². The van der Waals surface area contributed by atoms with E-state index >= 15 is 0 Å². The van der Waals surface area contributed by atoms with Crippen molar-refractivity contribution in [3.8, 4) is 0 Å². The van der Waals surface area contributed by atoms with Gasteiger partial charge in [0.15, 0.2) is 17.5 Å². The largest absolute Gasteiger partial charge is 0.369 e. The van der Waals surface area contributed by atoms with Gasteiger partial charge in [0.05, 0.1) is 0 Å². The van der Waals surface area contributed by atoms with Gasteiger partial charge in [0.25, 0.3) is 0 Å². The third kappa shape index (κ3) is 1.94. The van der Waals surface area contributed by atoms with Crippen molar-refractivity contribution >= 4 is 17.5 Å². The van der Waals surface area contributed by atoms with E-state index in [1.165, 1.54) is 0 Å². The zero-order valence-corrected chi connectivity index (χ0v) is 7.79. The van der Waals surface area contributed by atoms with Crippen molar-refractivity contribution < 1.29 is 14.4 Å². The smallest absolute Gasteiger partial charge is 0.235 e. The maximum atomic E-state index is 11.3. The third-order valence-corrected chi connectivity index (χ3v) is 2.23. The fourth-order valence-electron chi connectivity index (χ4n) is 1.71. The maximum absolute atomic E-state index is 11.3. The molecule has 0 bridgehead atoms. The molecule has 2 N–H and O–H groups in total. The topological polar surface area (TPSA) is 77.2 Å². The lowest BCUT2D eigenvalue weighted by atomic mass is 9.71. The van der Waals surface area contributed by atoms with Gasteiger partial charge >= 0.3 is 0 Å². The Morgan fingerprint density at radius 2 is 1.69 bits per heavy atom. The zero-order chi connectivity index (χ0) is 10.2. The summed E-state index contributed by atoms with van der Waals surface area (Å²) in [7, 11) is 0. The second-order valence-corrected chi connectivity index (χ2v) is 4.29. The Hall–Kier alpha value is -1.19. The van der Waals surface area contributed by atoms with Crippen molar-refractivity contribution in [3.63, 3.8) is 0 Å². The van der Waals surface area contributed by atoms with Gasteiger partial charge in [0, 0.05) is 12.8 Å². The summed E-state index contributed by atoms with van der Waals surface area (Å²) >= 11 is 0. The van der Waals surface area contributed by atoms with Crippen LogP contribution in [0.15, 0.2) is 0 Å². The lowest BCUT2D eigenvalue weighted by Crippen LogP contribution is -2.44. The van der Waals surface area contributed by atoms with Gasteiger partial charge in [-0.1, -0.05) is 13.8 Å². The summed E-state index contributed by atoms with van der Waals surface area (Å²) in [5.41, 5.74) is 4.64. The summed E-state index contributed by atoms with van der Waals surface area (Å²) in [6.07, 6.45) is 0.513. The minimum absolute atomic E-state index is 0.256. The highest BCUT2D eigenvalue weighted by Gasteiger charge is 2.42. The molecule has 1 aliphatic carbocycles. The standard InChI is InChI=1S/C9H13NO3/c1-9(2)3-5(11)7(8(10)13)6(12)4-9/h7H,3-4H2,1-2H3,(H2,10,13). The molecule has 0 atom stereocenters. The second kappa shape index (κ2) is 2.94. The SMILES string of the molecule is CC1(C)CC(=O)C(C(N)=O)C(=O)C1. The highest BCUT2D eigenvalue weighted by atomic mass is 16.2. The molecule has 0 spiro atoms. The summed E-state index contributed by atoms with van der Waals surface area (Å²) in [4.78, 5) is 33.4. The third-order valence-electron chi connectivity index (χ3n) is 2.23. The Morgan fingerprint density at radius 1 is 1.31 bits per heavy atom. The molecule has 0 radical (unpaired) electrons. The first-order chi connectivity index (χ1) is 5.83. The molecule has 72 valence electrons. The molecule has 0 unspecified atom stereocenters. The summed E-state index contributed by atoms with van der Waals surface area (Å²) in [6, 6.07) is 0. The fraction of sp³-hybridized carbons (Fsp3) is 0.667. The molecule has 1 aliphatic rings. The average molecular weight is 183 g/mol. The van der Waals surface area contributed by atoms with Gasteiger partial charge in [-0.15, -0.1) is 0 Å². The van der Waals surface area contributed by atoms with Crippen LogP contribution in [0.5, 0.6) is 0 Å². The Balaban J connectivity index is 2.89. The van der Waals surface area contributed by atoms with E-state index in [1.807, 2.05) is 13.8 Å². The molecule has 0 aliphatic heterocycles. The lowest BCUT2D eigenvalue weighted by molar-refractivity contribution is -0.144. The molecule has 0 heterocycles. The molecule has 4 nitrogen and oxygen atoms in total. The summed E-state index contributed by atoms with van der Waals surface area (Å²) in [6.45, 7) is 3.67. The number of primary amides is 1. The van der Waals surface area contributed by atoms with Crippen LogP contribution in [0, 0.1) is 11.3 Å². The number of rotatable bonds is 1. The molecule has 13 heavy (non-hydrogen) atoms. The molecule has 1 fully saturated rings. The first-order valence-corrected chi connectivity index (χ1v) is 4.18. The number of hydrogen-bond acceptors (Lipinski definition) is 3. The van der Waals surface area contributed by atoms with E-state index in [0.29, 0.717) is 0 Å². The lowest BCUT2D eigenvalue weighted by Gasteiger charge is -2.30. The number of amides is 1. The average Bonchev–Trinajstić information content (AvgIpc) is 1.78. The van der Waals surface area contributed by atoms with Crippen LogP contribution in [-0.4, -0.2) is 17.5 Å². The van der Waals surface area contributed by atoms with Gasteiger partial charge in [0.1, 0.15) is 0 Å². The minimum Gasteiger partial charge on any atom is -0.369 e. The number of carbonyl (C=O) groups is 3. The van der Waals surface area contributed by atoms with Crippen molar-refractivity contribution in [1.29, 1.82) is 0 Å². The number of ketones is 2. The molecular formula is C9H13NO3. The Morgan fingerprint density at radius 3 is 2.00 bits per heavy atom. The van der Waals surface area contributed by atoms with E-state index < -0.39 is 11.8 Å². The van der Waals surface area contributed by atoms with Crippen molar-refractivity contribution in [2.45, 2.75) is 26.7 Å². The predicted octanol–water partition coefficient (Wildman–Crippen LogP) is 0.0461. The Bertz CT molecular complexity index is 261. The molecule has 0 aromatic carbocycles. The summed E-state index contributed by atoms with van der Waals surface area (Å²) in [5.74, 6) is -2.68. The maximum Gasteiger partial charge on any atom is 0.235 e. The first kappa shape index (κ1) is 9.89. The Kier molecular flexibility index (Phi) is 2.24. The van der Waals surface area contributed by atoms with Crippen molar-refractivity contribution in [3.05, 3.63) is 0 Å². The van der Waals surface area contributed by atoms with E-state index in [0.717, 1.165) is 0 Å².